The lowest BCUT2D eigenvalue weighted by Crippen LogP contribution is -2.08. The molecule has 0 unspecified atom stereocenters. The molecule has 0 aliphatic carbocycles. The molecule has 4 heterocycles. The van der Waals surface area contributed by atoms with Crippen LogP contribution in [-0.2, 0) is 19.1 Å². The largest absolute Gasteiger partial charge is 0.465 e. The maximum Gasteiger partial charge on any atom is 0.346 e. The molecule has 0 fully saturated rings. The number of allylic oxidation sites excluding steroid dienone is 4. The number of methoxy groups -OCH3 is 2. The summed E-state index contributed by atoms with van der Waals surface area (Å²) >= 11 is 16.9. The Morgan fingerprint density at radius 3 is 1.24 bits per heavy atom. The van der Waals surface area contributed by atoms with Crippen molar-refractivity contribution >= 4 is 130 Å². The van der Waals surface area contributed by atoms with E-state index < -0.39 is 11.9 Å². The maximum atomic E-state index is 12.0. The Bertz CT molecular complexity index is 1070. The molecule has 4 nitrogen and oxygen atoms in total. The first kappa shape index (κ1) is 27.6. The number of esters is 2. The van der Waals surface area contributed by atoms with Gasteiger partial charge in [-0.25, -0.2) is 9.59 Å². The van der Waals surface area contributed by atoms with Gasteiger partial charge in [-0.15, -0.1) is 23.5 Å². The van der Waals surface area contributed by atoms with E-state index in [0.29, 0.717) is 0 Å². The van der Waals surface area contributed by atoms with E-state index in [0.717, 1.165) is 4.24 Å². The van der Waals surface area contributed by atoms with Gasteiger partial charge < -0.3 is 9.47 Å². The Morgan fingerprint density at radius 2 is 0.912 bits per heavy atom. The molecule has 0 saturated carbocycles. The molecule has 0 amide bonds. The van der Waals surface area contributed by atoms with E-state index in [1.807, 2.05) is 82.7 Å². The number of carbonyl (C=O) groups excluding carboxylic acids is 2. The summed E-state index contributed by atoms with van der Waals surface area (Å²) in [5.41, 5.74) is 0. The number of rotatable bonds is 6. The molecule has 0 aromatic rings. The molecule has 0 bridgehead atoms. The number of hydrogen-bond acceptors (Lipinski definition) is 14. The van der Waals surface area contributed by atoms with Crippen molar-refractivity contribution in [2.24, 2.45) is 0 Å². The molecule has 0 aromatic heterocycles. The van der Waals surface area contributed by atoms with Crippen molar-refractivity contribution in [2.75, 3.05) is 26.7 Å². The molecule has 0 atom stereocenters. The summed E-state index contributed by atoms with van der Waals surface area (Å²) in [6.07, 6.45) is 12.7. The Kier molecular flexibility index (Phi) is 10.5. The quantitative estimate of drug-likeness (QED) is 0.260. The second-order valence-corrected chi connectivity index (χ2v) is 18.1. The first-order valence-electron chi connectivity index (χ1n) is 9.20. The monoisotopic (exact) mass is 640 g/mol. The molecule has 0 radical (unpaired) electrons. The van der Waals surface area contributed by atoms with Crippen LogP contribution in [0, 0.1) is 0 Å². The average molecular weight is 641 g/mol. The standard InChI is InChI=1S/C20H16O4S10/c1-23-15(21)13-14(16(22)24-2)28-9(27-13)5-6-11-31-19-20(32-11)34-12(33-19)8-7-10-29-17(25-3)18(26-4)30-10/h5-8H,1-4H3. The Morgan fingerprint density at radius 1 is 0.588 bits per heavy atom. The van der Waals surface area contributed by atoms with Gasteiger partial charge in [-0.2, -0.15) is 0 Å². The Hall–Kier alpha value is 0.620. The van der Waals surface area contributed by atoms with E-state index in [1.54, 1.807) is 23.5 Å². The van der Waals surface area contributed by atoms with Crippen LogP contribution in [0.5, 0.6) is 0 Å². The zero-order chi connectivity index (χ0) is 24.2. The first-order chi connectivity index (χ1) is 16.4. The second-order valence-electron chi connectivity index (χ2n) is 5.96. The van der Waals surface area contributed by atoms with Crippen molar-refractivity contribution in [1.82, 2.24) is 0 Å². The second kappa shape index (κ2) is 12.9. The van der Waals surface area contributed by atoms with Gasteiger partial charge in [0, 0.05) is 0 Å². The smallest absolute Gasteiger partial charge is 0.346 e. The molecular formula is C20H16O4S10. The highest BCUT2D eigenvalue weighted by atomic mass is 32.3. The summed E-state index contributed by atoms with van der Waals surface area (Å²) in [5, 5.41) is 0. The molecule has 0 N–H and O–H groups in total. The predicted molar refractivity (Wildman–Crippen MR) is 165 cm³/mol. The molecular weight excluding hydrogens is 625 g/mol. The van der Waals surface area contributed by atoms with Crippen molar-refractivity contribution < 1.29 is 19.1 Å². The minimum atomic E-state index is -0.527. The summed E-state index contributed by atoms with van der Waals surface area (Å²) in [6.45, 7) is 0. The fourth-order valence-corrected chi connectivity index (χ4v) is 15.6. The molecule has 4 aliphatic heterocycles. The molecule has 34 heavy (non-hydrogen) atoms. The highest BCUT2D eigenvalue weighted by molar-refractivity contribution is 8.48. The minimum Gasteiger partial charge on any atom is -0.465 e. The Balaban J connectivity index is 1.34. The fourth-order valence-electron chi connectivity index (χ4n) is 2.47. The molecule has 0 spiro atoms. The van der Waals surface area contributed by atoms with E-state index >= 15 is 0 Å². The van der Waals surface area contributed by atoms with Crippen LogP contribution in [0.3, 0.4) is 0 Å². The fraction of sp³-hybridized carbons (Fsp3) is 0.200. The van der Waals surface area contributed by atoms with Gasteiger partial charge >= 0.3 is 11.9 Å². The van der Waals surface area contributed by atoms with Gasteiger partial charge in [0.25, 0.3) is 0 Å². The van der Waals surface area contributed by atoms with Gasteiger partial charge in [0.2, 0.25) is 0 Å². The van der Waals surface area contributed by atoms with Crippen molar-refractivity contribution in [1.29, 1.82) is 0 Å². The van der Waals surface area contributed by atoms with E-state index in [2.05, 4.69) is 24.7 Å². The Labute approximate surface area is 241 Å². The lowest BCUT2D eigenvalue weighted by molar-refractivity contribution is -0.138. The molecule has 4 aliphatic rings. The van der Waals surface area contributed by atoms with Gasteiger partial charge in [0.15, 0.2) is 0 Å². The van der Waals surface area contributed by atoms with Crippen LogP contribution < -0.4 is 0 Å². The molecule has 180 valence electrons. The van der Waals surface area contributed by atoms with Crippen LogP contribution >= 0.6 is 118 Å². The minimum absolute atomic E-state index is 0.273. The zero-order valence-corrected chi connectivity index (χ0v) is 26.2. The van der Waals surface area contributed by atoms with Crippen LogP contribution in [0.25, 0.3) is 0 Å². The van der Waals surface area contributed by atoms with E-state index in [9.17, 15) is 9.59 Å². The SMILES string of the molecule is COC(=O)C1=C(C(=O)OC)SC(=CC=C2SC3=C(SC(=CC=C4SC(SC)=C(SC)S4)S3)S2)S1. The average Bonchev–Trinajstić information content (AvgIpc) is 3.61. The van der Waals surface area contributed by atoms with Crippen LogP contribution in [0.1, 0.15) is 0 Å². The van der Waals surface area contributed by atoms with Gasteiger partial charge in [0.1, 0.15) is 9.81 Å². The molecule has 4 rings (SSSR count). The number of ether oxygens (including phenoxy) is 2. The highest BCUT2D eigenvalue weighted by Gasteiger charge is 2.33. The third kappa shape index (κ3) is 6.54. The van der Waals surface area contributed by atoms with E-state index in [-0.39, 0.29) is 9.81 Å². The maximum absolute atomic E-state index is 12.0. The third-order valence-electron chi connectivity index (χ3n) is 3.93. The lowest BCUT2D eigenvalue weighted by atomic mass is 10.5. The van der Waals surface area contributed by atoms with E-state index in [4.69, 9.17) is 9.47 Å². The summed E-state index contributed by atoms with van der Waals surface area (Å²) in [6, 6.07) is 0. The number of thioether (sulfide) groups is 10. The zero-order valence-electron chi connectivity index (χ0n) is 18.0. The van der Waals surface area contributed by atoms with E-state index in [1.165, 1.54) is 67.4 Å². The summed E-state index contributed by atoms with van der Waals surface area (Å²) in [5.74, 6) is -1.05. The van der Waals surface area contributed by atoms with Crippen LogP contribution in [0.15, 0.2) is 68.0 Å². The predicted octanol–water partition coefficient (Wildman–Crippen LogP) is 8.81. The highest BCUT2D eigenvalue weighted by Crippen LogP contribution is 2.67. The summed E-state index contributed by atoms with van der Waals surface area (Å²) < 4.78 is 19.6. The van der Waals surface area contributed by atoms with Crippen LogP contribution in [0.2, 0.25) is 0 Å². The van der Waals surface area contributed by atoms with Gasteiger partial charge in [-0.3, -0.25) is 0 Å². The normalized spacial score (nSPS) is 19.9. The van der Waals surface area contributed by atoms with Gasteiger partial charge in [-0.05, 0) is 36.8 Å². The van der Waals surface area contributed by atoms with Crippen molar-refractivity contribution in [3.05, 3.63) is 68.0 Å². The van der Waals surface area contributed by atoms with Crippen molar-refractivity contribution in [3.8, 4) is 0 Å². The van der Waals surface area contributed by atoms with Crippen molar-refractivity contribution in [2.45, 2.75) is 0 Å². The molecule has 0 saturated heterocycles. The van der Waals surface area contributed by atoms with Gasteiger partial charge in [-0.1, -0.05) is 94.1 Å². The topological polar surface area (TPSA) is 52.6 Å². The number of hydrogen-bond donors (Lipinski definition) is 0. The first-order valence-corrected chi connectivity index (χ1v) is 18.2. The third-order valence-corrected chi connectivity index (χ3v) is 16.9. The van der Waals surface area contributed by atoms with Crippen LogP contribution in [0.4, 0.5) is 0 Å². The summed E-state index contributed by atoms with van der Waals surface area (Å²) in [7, 11) is 2.61. The number of carbonyl (C=O) groups is 2. The lowest BCUT2D eigenvalue weighted by Gasteiger charge is -2.01. The molecule has 0 aromatic carbocycles. The van der Waals surface area contributed by atoms with Crippen LogP contribution in [-0.4, -0.2) is 38.7 Å². The molecule has 14 heteroatoms. The summed E-state index contributed by atoms with van der Waals surface area (Å²) in [4.78, 5) is 24.6. The van der Waals surface area contributed by atoms with Crippen molar-refractivity contribution in [3.63, 3.8) is 0 Å². The van der Waals surface area contributed by atoms with Gasteiger partial charge in [0.05, 0.1) is 48.1 Å².